The summed E-state index contributed by atoms with van der Waals surface area (Å²) in [6.45, 7) is 1.22. The second-order valence-electron chi connectivity index (χ2n) is 3.46. The molecule has 1 N–H and O–H groups in total. The zero-order valence-corrected chi connectivity index (χ0v) is 7.60. The predicted octanol–water partition coefficient (Wildman–Crippen LogP) is 1.03. The highest BCUT2D eigenvalue weighted by molar-refractivity contribution is 4.90. The first-order valence-electron chi connectivity index (χ1n) is 4.77. The first-order chi connectivity index (χ1) is 6.40. The van der Waals surface area contributed by atoms with Crippen molar-refractivity contribution < 1.29 is 9.84 Å². The molecule has 2 heterocycles. The highest BCUT2D eigenvalue weighted by Gasteiger charge is 2.36. The van der Waals surface area contributed by atoms with Gasteiger partial charge in [0.05, 0.1) is 12.7 Å². The van der Waals surface area contributed by atoms with E-state index in [-0.39, 0.29) is 12.7 Å². The van der Waals surface area contributed by atoms with Crippen LogP contribution in [0.1, 0.15) is 12.8 Å². The summed E-state index contributed by atoms with van der Waals surface area (Å²) < 4.78 is 7.39. The molecular formula is C10H15NO2. The molecule has 1 aliphatic heterocycles. The highest BCUT2D eigenvalue weighted by Crippen LogP contribution is 2.25. The van der Waals surface area contributed by atoms with Crippen molar-refractivity contribution in [3.63, 3.8) is 0 Å². The Hall–Kier alpha value is -0.800. The minimum atomic E-state index is 0.129. The third kappa shape index (κ3) is 2.32. The Kier molecular flexibility index (Phi) is 2.66. The van der Waals surface area contributed by atoms with E-state index < -0.39 is 0 Å². The summed E-state index contributed by atoms with van der Waals surface area (Å²) in [5.74, 6) is 0. The molecule has 0 aromatic carbocycles. The van der Waals surface area contributed by atoms with Crippen LogP contribution < -0.4 is 0 Å². The van der Waals surface area contributed by atoms with Gasteiger partial charge in [-0.05, 0) is 25.0 Å². The lowest BCUT2D eigenvalue weighted by Gasteiger charge is -2.00. The van der Waals surface area contributed by atoms with E-state index in [4.69, 9.17) is 9.84 Å². The number of rotatable bonds is 5. The molecule has 0 unspecified atom stereocenters. The summed E-state index contributed by atoms with van der Waals surface area (Å²) in [5, 5.41) is 8.73. The summed E-state index contributed by atoms with van der Waals surface area (Å²) in [5.41, 5.74) is 0. The quantitative estimate of drug-likeness (QED) is 0.689. The van der Waals surface area contributed by atoms with Crippen molar-refractivity contribution in [3.05, 3.63) is 24.5 Å². The Morgan fingerprint density at radius 1 is 1.23 bits per heavy atom. The number of aromatic nitrogens is 1. The van der Waals surface area contributed by atoms with Gasteiger partial charge in [-0.2, -0.15) is 0 Å². The van der Waals surface area contributed by atoms with Gasteiger partial charge < -0.3 is 14.4 Å². The monoisotopic (exact) mass is 181 g/mol. The minimum absolute atomic E-state index is 0.129. The molecule has 1 aromatic rings. The van der Waals surface area contributed by atoms with Crippen molar-refractivity contribution in [2.24, 2.45) is 0 Å². The Bertz CT molecular complexity index is 245. The van der Waals surface area contributed by atoms with Crippen LogP contribution in [0.4, 0.5) is 0 Å². The molecule has 0 aliphatic carbocycles. The van der Waals surface area contributed by atoms with E-state index >= 15 is 0 Å². The Balaban J connectivity index is 1.60. The van der Waals surface area contributed by atoms with Crippen molar-refractivity contribution in [1.29, 1.82) is 0 Å². The van der Waals surface area contributed by atoms with Gasteiger partial charge in [-0.1, -0.05) is 0 Å². The summed E-state index contributed by atoms with van der Waals surface area (Å²) in [6, 6.07) is 4.06. The predicted molar refractivity (Wildman–Crippen MR) is 49.4 cm³/mol. The van der Waals surface area contributed by atoms with E-state index in [9.17, 15) is 0 Å². The van der Waals surface area contributed by atoms with Crippen molar-refractivity contribution in [2.75, 3.05) is 6.61 Å². The van der Waals surface area contributed by atoms with E-state index in [1.165, 1.54) is 0 Å². The van der Waals surface area contributed by atoms with Crippen LogP contribution in [-0.4, -0.2) is 28.5 Å². The lowest BCUT2D eigenvalue weighted by molar-refractivity contribution is 0.241. The van der Waals surface area contributed by atoms with Crippen LogP contribution in [0, 0.1) is 0 Å². The Morgan fingerprint density at radius 2 is 2.00 bits per heavy atom. The molecule has 3 nitrogen and oxygen atoms in total. The number of epoxide rings is 1. The van der Waals surface area contributed by atoms with E-state index in [2.05, 4.69) is 17.0 Å². The second kappa shape index (κ2) is 3.94. The van der Waals surface area contributed by atoms with Gasteiger partial charge >= 0.3 is 0 Å². The summed E-state index contributed by atoms with van der Waals surface area (Å²) in [6.07, 6.45) is 6.76. The van der Waals surface area contributed by atoms with Crippen molar-refractivity contribution in [3.8, 4) is 0 Å². The Labute approximate surface area is 77.9 Å². The zero-order valence-electron chi connectivity index (χ0n) is 7.60. The van der Waals surface area contributed by atoms with E-state index in [0.717, 1.165) is 19.4 Å². The average molecular weight is 181 g/mol. The van der Waals surface area contributed by atoms with Crippen LogP contribution in [0.5, 0.6) is 0 Å². The molecule has 0 saturated carbocycles. The molecule has 1 aromatic heterocycles. The van der Waals surface area contributed by atoms with Gasteiger partial charge in [-0.25, -0.2) is 0 Å². The number of aliphatic hydroxyl groups is 1. The molecule has 13 heavy (non-hydrogen) atoms. The van der Waals surface area contributed by atoms with Crippen LogP contribution >= 0.6 is 0 Å². The first kappa shape index (κ1) is 8.78. The first-order valence-corrected chi connectivity index (χ1v) is 4.77. The lowest BCUT2D eigenvalue weighted by atomic mass is 10.2. The summed E-state index contributed by atoms with van der Waals surface area (Å²) in [4.78, 5) is 0. The number of hydrogen-bond acceptors (Lipinski definition) is 2. The molecule has 72 valence electrons. The lowest BCUT2D eigenvalue weighted by Crippen LogP contribution is -2.01. The van der Waals surface area contributed by atoms with E-state index in [0.29, 0.717) is 6.10 Å². The fourth-order valence-electron chi connectivity index (χ4n) is 1.59. The van der Waals surface area contributed by atoms with Gasteiger partial charge in [0.1, 0.15) is 6.10 Å². The third-order valence-corrected chi connectivity index (χ3v) is 2.44. The normalized spacial score (nSPS) is 26.2. The summed E-state index contributed by atoms with van der Waals surface area (Å²) >= 11 is 0. The molecule has 1 fully saturated rings. The smallest absolute Gasteiger partial charge is 0.107 e. The van der Waals surface area contributed by atoms with Crippen LogP contribution in [0.15, 0.2) is 24.5 Å². The largest absolute Gasteiger partial charge is 0.394 e. The van der Waals surface area contributed by atoms with Crippen LogP contribution in [0.3, 0.4) is 0 Å². The molecule has 3 heteroatoms. The van der Waals surface area contributed by atoms with Gasteiger partial charge in [0.25, 0.3) is 0 Å². The van der Waals surface area contributed by atoms with E-state index in [1.807, 2.05) is 12.1 Å². The van der Waals surface area contributed by atoms with Crippen LogP contribution in [-0.2, 0) is 11.3 Å². The number of aliphatic hydroxyl groups excluding tert-OH is 1. The molecule has 0 radical (unpaired) electrons. The maximum atomic E-state index is 8.73. The number of ether oxygens (including phenoxy) is 1. The van der Waals surface area contributed by atoms with Crippen molar-refractivity contribution in [2.45, 2.75) is 31.6 Å². The maximum absolute atomic E-state index is 8.73. The third-order valence-electron chi connectivity index (χ3n) is 2.44. The molecule has 1 saturated heterocycles. The summed E-state index contributed by atoms with van der Waals surface area (Å²) in [7, 11) is 0. The number of hydrogen-bond donors (Lipinski definition) is 1. The Morgan fingerprint density at radius 3 is 2.62 bits per heavy atom. The molecule has 0 spiro atoms. The average Bonchev–Trinajstić information content (AvgIpc) is 2.69. The second-order valence-corrected chi connectivity index (χ2v) is 3.46. The topological polar surface area (TPSA) is 37.7 Å². The highest BCUT2D eigenvalue weighted by atomic mass is 16.6. The molecule has 0 amide bonds. The van der Waals surface area contributed by atoms with E-state index in [1.54, 1.807) is 0 Å². The molecule has 2 rings (SSSR count). The molecule has 0 bridgehead atoms. The number of aryl methyl sites for hydroxylation is 1. The van der Waals surface area contributed by atoms with Gasteiger partial charge in [0.2, 0.25) is 0 Å². The zero-order chi connectivity index (χ0) is 9.10. The molecule has 1 aliphatic rings. The fraction of sp³-hybridized carbons (Fsp3) is 0.600. The van der Waals surface area contributed by atoms with Gasteiger partial charge in [0, 0.05) is 18.9 Å². The van der Waals surface area contributed by atoms with Crippen molar-refractivity contribution in [1.82, 2.24) is 4.57 Å². The standard InChI is InChI=1S/C10H15NO2/c12-8-10-9(13-10)4-3-7-11-5-1-2-6-11/h1-2,5-6,9-10,12H,3-4,7-8H2/t9-,10-/m1/s1. The van der Waals surface area contributed by atoms with Gasteiger partial charge in [-0.3, -0.25) is 0 Å². The van der Waals surface area contributed by atoms with Crippen molar-refractivity contribution >= 4 is 0 Å². The fourth-order valence-corrected chi connectivity index (χ4v) is 1.59. The number of nitrogens with zero attached hydrogens (tertiary/aromatic N) is 1. The van der Waals surface area contributed by atoms with Crippen LogP contribution in [0.2, 0.25) is 0 Å². The van der Waals surface area contributed by atoms with Crippen LogP contribution in [0.25, 0.3) is 0 Å². The molecule has 2 atom stereocenters. The maximum Gasteiger partial charge on any atom is 0.107 e. The SMILES string of the molecule is OC[C@H]1O[C@@H]1CCCn1cccc1. The molecular weight excluding hydrogens is 166 g/mol. The minimum Gasteiger partial charge on any atom is -0.394 e. The van der Waals surface area contributed by atoms with Gasteiger partial charge in [0.15, 0.2) is 0 Å². The van der Waals surface area contributed by atoms with Gasteiger partial charge in [-0.15, -0.1) is 0 Å².